The standard InChI is InChI=1S/C8H6Cl2N2O/c1-5(12-4-13)8-6(9)2-11-3-7(8)10/h2-3,5H,1H3. The van der Waals surface area contributed by atoms with Crippen molar-refractivity contribution in [3.05, 3.63) is 28.0 Å². The number of rotatable bonds is 2. The van der Waals surface area contributed by atoms with Gasteiger partial charge in [0.2, 0.25) is 6.08 Å². The average molecular weight is 217 g/mol. The monoisotopic (exact) mass is 216 g/mol. The summed E-state index contributed by atoms with van der Waals surface area (Å²) >= 11 is 11.6. The molecule has 1 rings (SSSR count). The van der Waals surface area contributed by atoms with Gasteiger partial charge in [-0.15, -0.1) is 0 Å². The second kappa shape index (κ2) is 4.38. The van der Waals surface area contributed by atoms with E-state index in [-0.39, 0.29) is 6.04 Å². The maximum atomic E-state index is 10.0. The molecule has 1 unspecified atom stereocenters. The number of aliphatic imine (C=N–C) groups is 1. The number of hydrogen-bond donors (Lipinski definition) is 0. The van der Waals surface area contributed by atoms with Gasteiger partial charge >= 0.3 is 0 Å². The van der Waals surface area contributed by atoms with Crippen molar-refractivity contribution >= 4 is 29.3 Å². The predicted molar refractivity (Wildman–Crippen MR) is 50.8 cm³/mol. The Morgan fingerprint density at radius 1 is 1.46 bits per heavy atom. The van der Waals surface area contributed by atoms with Gasteiger partial charge in [0.05, 0.1) is 16.1 Å². The van der Waals surface area contributed by atoms with Crippen molar-refractivity contribution in [3.63, 3.8) is 0 Å². The number of aromatic nitrogens is 1. The van der Waals surface area contributed by atoms with Crippen molar-refractivity contribution in [2.75, 3.05) is 0 Å². The molecule has 5 heteroatoms. The number of halogens is 2. The van der Waals surface area contributed by atoms with Crippen LogP contribution in [0.3, 0.4) is 0 Å². The van der Waals surface area contributed by atoms with E-state index in [0.29, 0.717) is 15.6 Å². The molecule has 0 fully saturated rings. The highest BCUT2D eigenvalue weighted by Crippen LogP contribution is 2.30. The molecule has 0 spiro atoms. The lowest BCUT2D eigenvalue weighted by molar-refractivity contribution is 0.559. The zero-order valence-corrected chi connectivity index (χ0v) is 8.30. The molecule has 0 bridgehead atoms. The average Bonchev–Trinajstić information content (AvgIpc) is 2.04. The van der Waals surface area contributed by atoms with Crippen molar-refractivity contribution in [3.8, 4) is 0 Å². The SMILES string of the molecule is CC(N=C=O)c1c(Cl)cncc1Cl. The van der Waals surface area contributed by atoms with Crippen LogP contribution in [-0.2, 0) is 4.79 Å². The van der Waals surface area contributed by atoms with Crippen molar-refractivity contribution in [1.29, 1.82) is 0 Å². The highest BCUT2D eigenvalue weighted by Gasteiger charge is 2.12. The van der Waals surface area contributed by atoms with E-state index in [2.05, 4.69) is 9.98 Å². The zero-order valence-electron chi connectivity index (χ0n) is 6.79. The first-order valence-electron chi connectivity index (χ1n) is 3.52. The van der Waals surface area contributed by atoms with Crippen molar-refractivity contribution < 1.29 is 4.79 Å². The highest BCUT2D eigenvalue weighted by molar-refractivity contribution is 6.35. The summed E-state index contributed by atoms with van der Waals surface area (Å²) in [5.74, 6) is 0. The molecule has 1 heterocycles. The van der Waals surface area contributed by atoms with Crippen LogP contribution in [0.5, 0.6) is 0 Å². The third-order valence-electron chi connectivity index (χ3n) is 1.55. The third-order valence-corrected chi connectivity index (χ3v) is 2.16. The van der Waals surface area contributed by atoms with Gasteiger partial charge in [-0.1, -0.05) is 23.2 Å². The molecule has 1 aromatic rings. The molecule has 0 saturated heterocycles. The van der Waals surface area contributed by atoms with Crippen LogP contribution in [0.4, 0.5) is 0 Å². The van der Waals surface area contributed by atoms with E-state index in [1.165, 1.54) is 18.5 Å². The third kappa shape index (κ3) is 2.28. The molecular weight excluding hydrogens is 211 g/mol. The smallest absolute Gasteiger partial charge is 0.235 e. The van der Waals surface area contributed by atoms with Crippen LogP contribution in [0.25, 0.3) is 0 Å². The lowest BCUT2D eigenvalue weighted by Gasteiger charge is -2.07. The maximum absolute atomic E-state index is 10.0. The Kier molecular flexibility index (Phi) is 3.43. The minimum Gasteiger partial charge on any atom is -0.262 e. The van der Waals surface area contributed by atoms with Gasteiger partial charge in [-0.2, -0.15) is 4.99 Å². The van der Waals surface area contributed by atoms with E-state index in [0.717, 1.165) is 0 Å². The molecule has 3 nitrogen and oxygen atoms in total. The summed E-state index contributed by atoms with van der Waals surface area (Å²) in [6.45, 7) is 1.71. The summed E-state index contributed by atoms with van der Waals surface area (Å²) in [6.07, 6.45) is 4.37. The molecule has 0 aliphatic carbocycles. The van der Waals surface area contributed by atoms with Crippen LogP contribution in [0.1, 0.15) is 18.5 Å². The second-order valence-corrected chi connectivity index (χ2v) is 3.23. The largest absolute Gasteiger partial charge is 0.262 e. The molecule has 0 saturated carbocycles. The van der Waals surface area contributed by atoms with Crippen LogP contribution in [0, 0.1) is 0 Å². The van der Waals surface area contributed by atoms with E-state index >= 15 is 0 Å². The fourth-order valence-corrected chi connectivity index (χ4v) is 1.64. The highest BCUT2D eigenvalue weighted by atomic mass is 35.5. The van der Waals surface area contributed by atoms with Gasteiger partial charge in [0, 0.05) is 18.0 Å². The fraction of sp³-hybridized carbons (Fsp3) is 0.250. The predicted octanol–water partition coefficient (Wildman–Crippen LogP) is 2.79. The molecular formula is C8H6Cl2N2O. The van der Waals surface area contributed by atoms with Gasteiger partial charge in [0.1, 0.15) is 0 Å². The molecule has 0 amide bonds. The van der Waals surface area contributed by atoms with Crippen molar-refractivity contribution in [2.24, 2.45) is 4.99 Å². The molecule has 13 heavy (non-hydrogen) atoms. The summed E-state index contributed by atoms with van der Waals surface area (Å²) < 4.78 is 0. The van der Waals surface area contributed by atoms with Crippen LogP contribution < -0.4 is 0 Å². The van der Waals surface area contributed by atoms with Gasteiger partial charge in [0.15, 0.2) is 0 Å². The van der Waals surface area contributed by atoms with Crippen LogP contribution in [-0.4, -0.2) is 11.1 Å². The Morgan fingerprint density at radius 2 is 2.00 bits per heavy atom. The Bertz CT molecular complexity index is 341. The minimum absolute atomic E-state index is 0.388. The molecule has 1 aromatic heterocycles. The minimum atomic E-state index is -0.388. The summed E-state index contributed by atoms with van der Waals surface area (Å²) in [5.41, 5.74) is 0.599. The van der Waals surface area contributed by atoms with Crippen molar-refractivity contribution in [2.45, 2.75) is 13.0 Å². The van der Waals surface area contributed by atoms with E-state index in [1.807, 2.05) is 0 Å². The normalized spacial score (nSPS) is 11.9. The van der Waals surface area contributed by atoms with Gasteiger partial charge < -0.3 is 0 Å². The lowest BCUT2D eigenvalue weighted by Crippen LogP contribution is -1.93. The summed E-state index contributed by atoms with van der Waals surface area (Å²) in [7, 11) is 0. The molecule has 0 N–H and O–H groups in total. The van der Waals surface area contributed by atoms with E-state index in [4.69, 9.17) is 23.2 Å². The maximum Gasteiger partial charge on any atom is 0.235 e. The summed E-state index contributed by atoms with van der Waals surface area (Å²) in [6, 6.07) is -0.388. The number of nitrogens with zero attached hydrogens (tertiary/aromatic N) is 2. The Hall–Kier alpha value is -0.890. The van der Waals surface area contributed by atoms with E-state index in [1.54, 1.807) is 6.92 Å². The molecule has 0 aliphatic heterocycles. The first kappa shape index (κ1) is 10.2. The van der Waals surface area contributed by atoms with Crippen LogP contribution in [0.2, 0.25) is 10.0 Å². The summed E-state index contributed by atoms with van der Waals surface area (Å²) in [4.78, 5) is 17.3. The van der Waals surface area contributed by atoms with E-state index < -0.39 is 0 Å². The van der Waals surface area contributed by atoms with Crippen LogP contribution in [0.15, 0.2) is 17.4 Å². The Labute approximate surface area is 85.4 Å². The van der Waals surface area contributed by atoms with Gasteiger partial charge in [-0.3, -0.25) is 4.98 Å². The first-order chi connectivity index (χ1) is 6.16. The van der Waals surface area contributed by atoms with Gasteiger partial charge in [-0.05, 0) is 6.92 Å². The van der Waals surface area contributed by atoms with Crippen LogP contribution >= 0.6 is 23.2 Å². The second-order valence-electron chi connectivity index (χ2n) is 2.41. The molecule has 0 aliphatic rings. The first-order valence-corrected chi connectivity index (χ1v) is 4.28. The van der Waals surface area contributed by atoms with Gasteiger partial charge in [0.25, 0.3) is 0 Å². The Morgan fingerprint density at radius 3 is 2.46 bits per heavy atom. The number of carbonyl (C=O) groups excluding carboxylic acids is 1. The van der Waals surface area contributed by atoms with E-state index in [9.17, 15) is 4.79 Å². The molecule has 0 aromatic carbocycles. The topological polar surface area (TPSA) is 42.3 Å². The number of hydrogen-bond acceptors (Lipinski definition) is 3. The van der Waals surface area contributed by atoms with Crippen molar-refractivity contribution in [1.82, 2.24) is 4.98 Å². The fourth-order valence-electron chi connectivity index (χ4n) is 0.964. The van der Waals surface area contributed by atoms with Gasteiger partial charge in [-0.25, -0.2) is 4.79 Å². The summed E-state index contributed by atoms with van der Waals surface area (Å²) in [5, 5.41) is 0.804. The number of isocyanates is 1. The number of pyridine rings is 1. The quantitative estimate of drug-likeness (QED) is 0.564. The molecule has 1 atom stereocenters. The molecule has 0 radical (unpaired) electrons. The zero-order chi connectivity index (χ0) is 9.84. The Balaban J connectivity index is 3.19. The molecule has 68 valence electrons. The lowest BCUT2D eigenvalue weighted by atomic mass is 10.1.